The zero-order valence-electron chi connectivity index (χ0n) is 11.8. The smallest absolute Gasteiger partial charge is 0.270 e. The number of rotatable bonds is 6. The summed E-state index contributed by atoms with van der Waals surface area (Å²) in [4.78, 5) is 15.9. The summed E-state index contributed by atoms with van der Waals surface area (Å²) in [6, 6.07) is 12.8. The van der Waals surface area contributed by atoms with Crippen LogP contribution < -0.4 is 21.3 Å². The van der Waals surface area contributed by atoms with Gasteiger partial charge in [-0.2, -0.15) is 0 Å². The first-order valence-electron chi connectivity index (χ1n) is 6.60. The van der Waals surface area contributed by atoms with Crippen LogP contribution in [0.4, 0.5) is 5.82 Å². The summed E-state index contributed by atoms with van der Waals surface area (Å²) in [7, 11) is 0. The Morgan fingerprint density at radius 3 is 2.86 bits per heavy atom. The predicted molar refractivity (Wildman–Crippen MR) is 81.1 cm³/mol. The number of ether oxygens (including phenoxy) is 1. The minimum atomic E-state index is -0.264. The summed E-state index contributed by atoms with van der Waals surface area (Å²) in [6.07, 6.45) is 0. The van der Waals surface area contributed by atoms with Gasteiger partial charge in [-0.25, -0.2) is 10.8 Å². The van der Waals surface area contributed by atoms with Crippen molar-refractivity contribution in [1.82, 2.24) is 10.3 Å². The number of hydrogen-bond acceptors (Lipinski definition) is 5. The number of hydrogen-bond donors (Lipinski definition) is 3. The molecule has 110 valence electrons. The lowest BCUT2D eigenvalue weighted by molar-refractivity contribution is 0.0942. The SMILES string of the molecule is Cc1cccc(OCCNC(=O)c2cccc(NN)n2)c1. The minimum Gasteiger partial charge on any atom is -0.492 e. The van der Waals surface area contributed by atoms with Crippen molar-refractivity contribution in [3.8, 4) is 5.75 Å². The van der Waals surface area contributed by atoms with Crippen LogP contribution in [0.5, 0.6) is 5.75 Å². The van der Waals surface area contributed by atoms with Gasteiger partial charge >= 0.3 is 0 Å². The van der Waals surface area contributed by atoms with Gasteiger partial charge in [0.05, 0.1) is 6.54 Å². The number of nitrogens with one attached hydrogen (secondary N) is 2. The summed E-state index contributed by atoms with van der Waals surface area (Å²) >= 11 is 0. The maximum absolute atomic E-state index is 11.9. The maximum atomic E-state index is 11.9. The Kier molecular flexibility index (Phi) is 5.11. The molecule has 0 bridgehead atoms. The van der Waals surface area contributed by atoms with Crippen molar-refractivity contribution in [1.29, 1.82) is 0 Å². The lowest BCUT2D eigenvalue weighted by Crippen LogP contribution is -2.29. The molecule has 2 aromatic rings. The predicted octanol–water partition coefficient (Wildman–Crippen LogP) is 1.48. The minimum absolute atomic E-state index is 0.264. The Labute approximate surface area is 123 Å². The topological polar surface area (TPSA) is 89.3 Å². The summed E-state index contributed by atoms with van der Waals surface area (Å²) in [5.74, 6) is 6.22. The lowest BCUT2D eigenvalue weighted by Gasteiger charge is -2.08. The second-order valence-corrected chi connectivity index (χ2v) is 4.47. The number of amides is 1. The average molecular weight is 286 g/mol. The van der Waals surface area contributed by atoms with Crippen molar-refractivity contribution in [2.45, 2.75) is 6.92 Å². The van der Waals surface area contributed by atoms with E-state index in [1.807, 2.05) is 31.2 Å². The fourth-order valence-corrected chi connectivity index (χ4v) is 1.77. The Bertz CT molecular complexity index is 616. The molecule has 0 aliphatic heterocycles. The van der Waals surface area contributed by atoms with E-state index in [9.17, 15) is 4.79 Å². The highest BCUT2D eigenvalue weighted by molar-refractivity contribution is 5.92. The van der Waals surface area contributed by atoms with E-state index in [2.05, 4.69) is 15.7 Å². The molecule has 2 rings (SSSR count). The van der Waals surface area contributed by atoms with E-state index in [-0.39, 0.29) is 5.91 Å². The number of benzene rings is 1. The number of carbonyl (C=O) groups excluding carboxylic acids is 1. The van der Waals surface area contributed by atoms with Gasteiger partial charge in [0.15, 0.2) is 0 Å². The molecule has 0 atom stereocenters. The summed E-state index contributed by atoms with van der Waals surface area (Å²) in [6.45, 7) is 2.79. The Morgan fingerprint density at radius 1 is 1.29 bits per heavy atom. The number of hydrazine groups is 1. The highest BCUT2D eigenvalue weighted by Gasteiger charge is 2.07. The number of aromatic nitrogens is 1. The summed E-state index contributed by atoms with van der Waals surface area (Å²) in [5.41, 5.74) is 3.84. The molecular formula is C15H18N4O2. The zero-order chi connectivity index (χ0) is 15.1. The first-order chi connectivity index (χ1) is 10.2. The van der Waals surface area contributed by atoms with E-state index in [1.165, 1.54) is 0 Å². The standard InChI is InChI=1S/C15H18N4O2/c1-11-4-2-5-12(10-11)21-9-8-17-15(20)13-6-3-7-14(18-13)19-16/h2-7,10H,8-9,16H2,1H3,(H,17,20)(H,18,19). The molecule has 6 nitrogen and oxygen atoms in total. The van der Waals surface area contributed by atoms with Crippen LogP contribution in [0.3, 0.4) is 0 Å². The third-order valence-corrected chi connectivity index (χ3v) is 2.78. The quantitative estimate of drug-likeness (QED) is 0.425. The third-order valence-electron chi connectivity index (χ3n) is 2.78. The van der Waals surface area contributed by atoms with E-state index >= 15 is 0 Å². The molecular weight excluding hydrogens is 268 g/mol. The number of carbonyl (C=O) groups is 1. The summed E-state index contributed by atoms with van der Waals surface area (Å²) < 4.78 is 5.55. The fourth-order valence-electron chi connectivity index (χ4n) is 1.77. The number of nitrogens with zero attached hydrogens (tertiary/aromatic N) is 1. The molecule has 0 radical (unpaired) electrons. The van der Waals surface area contributed by atoms with Crippen LogP contribution in [-0.4, -0.2) is 24.0 Å². The Hall–Kier alpha value is -2.60. The second kappa shape index (κ2) is 7.25. The molecule has 0 unspecified atom stereocenters. The van der Waals surface area contributed by atoms with Crippen LogP contribution in [0.2, 0.25) is 0 Å². The highest BCUT2D eigenvalue weighted by Crippen LogP contribution is 2.11. The van der Waals surface area contributed by atoms with Gasteiger partial charge in [-0.3, -0.25) is 4.79 Å². The molecule has 0 spiro atoms. The van der Waals surface area contributed by atoms with Gasteiger partial charge in [0.25, 0.3) is 5.91 Å². The summed E-state index contributed by atoms with van der Waals surface area (Å²) in [5, 5.41) is 2.74. The molecule has 0 saturated carbocycles. The van der Waals surface area contributed by atoms with Crippen LogP contribution in [0, 0.1) is 6.92 Å². The number of nitrogens with two attached hydrogens (primary N) is 1. The molecule has 6 heteroatoms. The van der Waals surface area contributed by atoms with Gasteiger partial charge in [0.1, 0.15) is 23.9 Å². The average Bonchev–Trinajstić information content (AvgIpc) is 2.51. The number of pyridine rings is 1. The van der Waals surface area contributed by atoms with Crippen LogP contribution in [0.25, 0.3) is 0 Å². The van der Waals surface area contributed by atoms with Gasteiger partial charge in [-0.05, 0) is 36.8 Å². The van der Waals surface area contributed by atoms with Crippen molar-refractivity contribution in [2.75, 3.05) is 18.6 Å². The van der Waals surface area contributed by atoms with Gasteiger partial charge in [0.2, 0.25) is 0 Å². The Morgan fingerprint density at radius 2 is 2.10 bits per heavy atom. The van der Waals surface area contributed by atoms with Crippen molar-refractivity contribution >= 4 is 11.7 Å². The van der Waals surface area contributed by atoms with Gasteiger partial charge in [0, 0.05) is 0 Å². The largest absolute Gasteiger partial charge is 0.492 e. The van der Waals surface area contributed by atoms with E-state index in [0.717, 1.165) is 11.3 Å². The molecule has 4 N–H and O–H groups in total. The van der Waals surface area contributed by atoms with E-state index in [0.29, 0.717) is 24.7 Å². The lowest BCUT2D eigenvalue weighted by atomic mass is 10.2. The van der Waals surface area contributed by atoms with Crippen molar-refractivity contribution in [3.05, 3.63) is 53.7 Å². The monoisotopic (exact) mass is 286 g/mol. The first-order valence-corrected chi connectivity index (χ1v) is 6.60. The molecule has 0 aliphatic carbocycles. The van der Waals surface area contributed by atoms with Crippen molar-refractivity contribution in [3.63, 3.8) is 0 Å². The fraction of sp³-hybridized carbons (Fsp3) is 0.200. The van der Waals surface area contributed by atoms with E-state index < -0.39 is 0 Å². The van der Waals surface area contributed by atoms with Gasteiger partial charge < -0.3 is 15.5 Å². The maximum Gasteiger partial charge on any atom is 0.270 e. The molecule has 0 saturated heterocycles. The Balaban J connectivity index is 1.79. The molecule has 1 aromatic heterocycles. The normalized spacial score (nSPS) is 10.0. The van der Waals surface area contributed by atoms with Crippen LogP contribution in [0.1, 0.15) is 16.1 Å². The second-order valence-electron chi connectivity index (χ2n) is 4.47. The highest BCUT2D eigenvalue weighted by atomic mass is 16.5. The number of nitrogen functional groups attached to an aromatic ring is 1. The zero-order valence-corrected chi connectivity index (χ0v) is 11.8. The van der Waals surface area contributed by atoms with Crippen LogP contribution in [-0.2, 0) is 0 Å². The van der Waals surface area contributed by atoms with Gasteiger partial charge in [-0.1, -0.05) is 18.2 Å². The number of aryl methyl sites for hydroxylation is 1. The molecule has 0 fully saturated rings. The molecule has 21 heavy (non-hydrogen) atoms. The van der Waals surface area contributed by atoms with Crippen LogP contribution >= 0.6 is 0 Å². The molecule has 1 aromatic carbocycles. The van der Waals surface area contributed by atoms with Crippen molar-refractivity contribution < 1.29 is 9.53 Å². The molecule has 1 heterocycles. The van der Waals surface area contributed by atoms with E-state index in [1.54, 1.807) is 18.2 Å². The van der Waals surface area contributed by atoms with E-state index in [4.69, 9.17) is 10.6 Å². The van der Waals surface area contributed by atoms with Gasteiger partial charge in [-0.15, -0.1) is 0 Å². The molecule has 0 aliphatic rings. The third kappa shape index (κ3) is 4.47. The first kappa shape index (κ1) is 14.8. The van der Waals surface area contributed by atoms with Crippen LogP contribution in [0.15, 0.2) is 42.5 Å². The number of anilines is 1. The molecule has 1 amide bonds. The van der Waals surface area contributed by atoms with Crippen molar-refractivity contribution in [2.24, 2.45) is 5.84 Å².